The van der Waals surface area contributed by atoms with Crippen molar-refractivity contribution in [1.29, 1.82) is 0 Å². The van der Waals surface area contributed by atoms with Crippen molar-refractivity contribution in [2.24, 2.45) is 5.92 Å². The van der Waals surface area contributed by atoms with Crippen molar-refractivity contribution in [3.8, 4) is 0 Å². The summed E-state index contributed by atoms with van der Waals surface area (Å²) in [6.45, 7) is 8.43. The number of hydrogen-bond donors (Lipinski definition) is 2. The predicted octanol–water partition coefficient (Wildman–Crippen LogP) is 2.58. The highest BCUT2D eigenvalue weighted by molar-refractivity contribution is 4.54. The molecular weight excluding hydrogens is 164 g/mol. The molecule has 0 aromatic carbocycles. The van der Waals surface area contributed by atoms with Crippen LogP contribution in [-0.4, -0.2) is 22.9 Å². The molecule has 0 fully saturated rings. The minimum atomic E-state index is -0.134. The Morgan fingerprint density at radius 3 is 1.69 bits per heavy atom. The standard InChI is InChI=1S/C6H14O.C5H12O/c1-4-5(2)6(3)7;1-2-3-4-5-6/h5-7H,4H2,1-3H3;6H,2-5H2,1H3. The second-order valence-electron chi connectivity index (χ2n) is 3.56. The summed E-state index contributed by atoms with van der Waals surface area (Å²) in [5.41, 5.74) is 0. The van der Waals surface area contributed by atoms with Crippen LogP contribution in [0.1, 0.15) is 53.4 Å². The van der Waals surface area contributed by atoms with Crippen LogP contribution in [0.25, 0.3) is 0 Å². The van der Waals surface area contributed by atoms with Gasteiger partial charge in [-0.1, -0.05) is 40.0 Å². The van der Waals surface area contributed by atoms with Gasteiger partial charge in [-0.3, -0.25) is 0 Å². The van der Waals surface area contributed by atoms with Gasteiger partial charge in [0.15, 0.2) is 0 Å². The predicted molar refractivity (Wildman–Crippen MR) is 57.7 cm³/mol. The summed E-state index contributed by atoms with van der Waals surface area (Å²) in [4.78, 5) is 0. The van der Waals surface area contributed by atoms with Gasteiger partial charge in [-0.15, -0.1) is 0 Å². The topological polar surface area (TPSA) is 40.5 Å². The second-order valence-corrected chi connectivity index (χ2v) is 3.56. The van der Waals surface area contributed by atoms with E-state index in [9.17, 15) is 0 Å². The zero-order valence-corrected chi connectivity index (χ0v) is 9.58. The fourth-order valence-corrected chi connectivity index (χ4v) is 0.703. The molecule has 0 aliphatic rings. The molecule has 2 unspecified atom stereocenters. The third kappa shape index (κ3) is 14.7. The van der Waals surface area contributed by atoms with Crippen molar-refractivity contribution in [3.05, 3.63) is 0 Å². The third-order valence-electron chi connectivity index (χ3n) is 2.23. The Kier molecular flexibility index (Phi) is 14.1. The Hall–Kier alpha value is -0.0800. The van der Waals surface area contributed by atoms with Crippen LogP contribution in [0.3, 0.4) is 0 Å². The molecule has 0 aromatic rings. The van der Waals surface area contributed by atoms with Gasteiger partial charge in [0.1, 0.15) is 0 Å². The fraction of sp³-hybridized carbons (Fsp3) is 1.00. The van der Waals surface area contributed by atoms with E-state index >= 15 is 0 Å². The highest BCUT2D eigenvalue weighted by atomic mass is 16.3. The van der Waals surface area contributed by atoms with Gasteiger partial charge in [-0.05, 0) is 19.3 Å². The highest BCUT2D eigenvalue weighted by Crippen LogP contribution is 2.04. The maximum absolute atomic E-state index is 8.82. The van der Waals surface area contributed by atoms with E-state index < -0.39 is 0 Å². The van der Waals surface area contributed by atoms with Crippen molar-refractivity contribution in [2.75, 3.05) is 6.61 Å². The monoisotopic (exact) mass is 190 g/mol. The quantitative estimate of drug-likeness (QED) is 0.654. The number of rotatable bonds is 5. The zero-order chi connectivity index (χ0) is 10.7. The molecule has 0 bridgehead atoms. The van der Waals surface area contributed by atoms with Gasteiger partial charge in [0.05, 0.1) is 6.10 Å². The summed E-state index contributed by atoms with van der Waals surface area (Å²) >= 11 is 0. The normalized spacial score (nSPS) is 14.3. The first-order chi connectivity index (χ1) is 6.09. The summed E-state index contributed by atoms with van der Waals surface area (Å²) in [6, 6.07) is 0. The van der Waals surface area contributed by atoms with E-state index in [2.05, 4.69) is 13.8 Å². The molecule has 0 aliphatic heterocycles. The number of hydrogen-bond acceptors (Lipinski definition) is 2. The fourth-order valence-electron chi connectivity index (χ4n) is 0.703. The lowest BCUT2D eigenvalue weighted by atomic mass is 10.0. The van der Waals surface area contributed by atoms with Gasteiger partial charge >= 0.3 is 0 Å². The molecule has 0 saturated carbocycles. The molecule has 0 rings (SSSR count). The van der Waals surface area contributed by atoms with Crippen molar-refractivity contribution >= 4 is 0 Å². The van der Waals surface area contributed by atoms with Gasteiger partial charge in [0.2, 0.25) is 0 Å². The maximum atomic E-state index is 8.82. The minimum Gasteiger partial charge on any atom is -0.396 e. The Morgan fingerprint density at radius 2 is 1.62 bits per heavy atom. The molecule has 0 aliphatic carbocycles. The molecule has 0 radical (unpaired) electrons. The molecule has 2 nitrogen and oxygen atoms in total. The van der Waals surface area contributed by atoms with Crippen LogP contribution in [-0.2, 0) is 0 Å². The van der Waals surface area contributed by atoms with E-state index in [4.69, 9.17) is 10.2 Å². The van der Waals surface area contributed by atoms with E-state index in [1.807, 2.05) is 13.8 Å². The van der Waals surface area contributed by atoms with E-state index in [0.29, 0.717) is 12.5 Å². The smallest absolute Gasteiger partial charge is 0.0537 e. The summed E-state index contributed by atoms with van der Waals surface area (Å²) in [6.07, 6.45) is 4.26. The highest BCUT2D eigenvalue weighted by Gasteiger charge is 2.03. The van der Waals surface area contributed by atoms with Crippen LogP contribution < -0.4 is 0 Å². The van der Waals surface area contributed by atoms with Gasteiger partial charge in [-0.25, -0.2) is 0 Å². The van der Waals surface area contributed by atoms with E-state index in [-0.39, 0.29) is 6.10 Å². The van der Waals surface area contributed by atoms with E-state index in [1.165, 1.54) is 6.42 Å². The van der Waals surface area contributed by atoms with Crippen molar-refractivity contribution in [1.82, 2.24) is 0 Å². The van der Waals surface area contributed by atoms with E-state index in [1.54, 1.807) is 0 Å². The Bertz CT molecular complexity index is 78.2. The molecular formula is C11H26O2. The SMILES string of the molecule is CCC(C)C(C)O.CCCCCO. The van der Waals surface area contributed by atoms with Crippen molar-refractivity contribution in [3.63, 3.8) is 0 Å². The molecule has 2 heteroatoms. The molecule has 2 N–H and O–H groups in total. The lowest BCUT2D eigenvalue weighted by Gasteiger charge is -2.09. The number of aliphatic hydroxyl groups is 2. The average molecular weight is 190 g/mol. The van der Waals surface area contributed by atoms with Crippen LogP contribution in [0.15, 0.2) is 0 Å². The van der Waals surface area contributed by atoms with Crippen LogP contribution in [0.5, 0.6) is 0 Å². The lowest BCUT2D eigenvalue weighted by molar-refractivity contribution is 0.133. The molecule has 0 spiro atoms. The van der Waals surface area contributed by atoms with Gasteiger partial charge in [0.25, 0.3) is 0 Å². The number of unbranched alkanes of at least 4 members (excludes halogenated alkanes) is 2. The van der Waals surface area contributed by atoms with Crippen molar-refractivity contribution < 1.29 is 10.2 Å². The van der Waals surface area contributed by atoms with Crippen LogP contribution in [0.2, 0.25) is 0 Å². The van der Waals surface area contributed by atoms with Gasteiger partial charge < -0.3 is 10.2 Å². The first-order valence-corrected chi connectivity index (χ1v) is 5.38. The molecule has 0 aromatic heterocycles. The molecule has 2 atom stereocenters. The summed E-state index contributed by atoms with van der Waals surface area (Å²) in [7, 11) is 0. The summed E-state index contributed by atoms with van der Waals surface area (Å²) in [5.74, 6) is 0.458. The Morgan fingerprint density at radius 1 is 1.08 bits per heavy atom. The molecule has 0 saturated heterocycles. The van der Waals surface area contributed by atoms with Crippen molar-refractivity contribution in [2.45, 2.75) is 59.5 Å². The van der Waals surface area contributed by atoms with Gasteiger partial charge in [-0.2, -0.15) is 0 Å². The number of aliphatic hydroxyl groups excluding tert-OH is 2. The molecule has 0 amide bonds. The first kappa shape index (κ1) is 15.4. The Balaban J connectivity index is 0. The average Bonchev–Trinajstić information content (AvgIpc) is 2.14. The molecule has 0 heterocycles. The maximum Gasteiger partial charge on any atom is 0.0537 e. The van der Waals surface area contributed by atoms with Gasteiger partial charge in [0, 0.05) is 6.61 Å². The van der Waals surface area contributed by atoms with Crippen LogP contribution in [0, 0.1) is 5.92 Å². The third-order valence-corrected chi connectivity index (χ3v) is 2.23. The zero-order valence-electron chi connectivity index (χ0n) is 9.58. The molecule has 82 valence electrons. The minimum absolute atomic E-state index is 0.134. The Labute approximate surface area is 83.0 Å². The first-order valence-electron chi connectivity index (χ1n) is 5.38. The van der Waals surface area contributed by atoms with Crippen LogP contribution >= 0.6 is 0 Å². The lowest BCUT2D eigenvalue weighted by Crippen LogP contribution is -2.10. The summed E-state index contributed by atoms with van der Waals surface area (Å²) in [5, 5.41) is 17.0. The van der Waals surface area contributed by atoms with Crippen LogP contribution in [0.4, 0.5) is 0 Å². The van der Waals surface area contributed by atoms with E-state index in [0.717, 1.165) is 19.3 Å². The largest absolute Gasteiger partial charge is 0.396 e. The second kappa shape index (κ2) is 11.9. The summed E-state index contributed by atoms with van der Waals surface area (Å²) < 4.78 is 0. The molecule has 13 heavy (non-hydrogen) atoms.